The van der Waals surface area contributed by atoms with Crippen LogP contribution in [0.5, 0.6) is 0 Å². The Morgan fingerprint density at radius 3 is 2.42 bits per heavy atom. The van der Waals surface area contributed by atoms with E-state index >= 15 is 0 Å². The molecule has 1 aliphatic carbocycles. The third-order valence-corrected chi connectivity index (χ3v) is 5.43. The van der Waals surface area contributed by atoms with Crippen molar-refractivity contribution in [3.05, 3.63) is 41.4 Å². The molecule has 1 atom stereocenters. The van der Waals surface area contributed by atoms with Gasteiger partial charge in [0.2, 0.25) is 0 Å². The molecule has 0 amide bonds. The average Bonchev–Trinajstić information content (AvgIpc) is 2.96. The van der Waals surface area contributed by atoms with Gasteiger partial charge in [-0.3, -0.25) is 4.90 Å². The molecule has 1 unspecified atom stereocenters. The summed E-state index contributed by atoms with van der Waals surface area (Å²) in [5, 5.41) is 19.6. The highest BCUT2D eigenvalue weighted by atomic mass is 16.3. The Hall–Kier alpha value is -1.86. The van der Waals surface area contributed by atoms with Crippen LogP contribution in [-0.4, -0.2) is 28.1 Å². The lowest BCUT2D eigenvalue weighted by atomic mass is 9.89. The predicted molar refractivity (Wildman–Crippen MR) is 94.7 cm³/mol. The molecular weight excluding hydrogens is 298 g/mol. The van der Waals surface area contributed by atoms with Gasteiger partial charge in [0.05, 0.1) is 11.7 Å². The van der Waals surface area contributed by atoms with E-state index in [1.165, 1.54) is 25.7 Å². The minimum atomic E-state index is -0.189. The van der Waals surface area contributed by atoms with E-state index in [2.05, 4.69) is 17.5 Å². The van der Waals surface area contributed by atoms with Crippen LogP contribution >= 0.6 is 0 Å². The first-order valence-corrected chi connectivity index (χ1v) is 9.23. The van der Waals surface area contributed by atoms with E-state index in [0.717, 1.165) is 50.0 Å². The van der Waals surface area contributed by atoms with Gasteiger partial charge in [0.25, 0.3) is 0 Å². The zero-order valence-corrected chi connectivity index (χ0v) is 14.4. The topological polar surface area (TPSA) is 60.1 Å². The van der Waals surface area contributed by atoms with Gasteiger partial charge in [-0.15, -0.1) is 0 Å². The van der Waals surface area contributed by atoms with Gasteiger partial charge in [-0.2, -0.15) is 5.26 Å². The number of likely N-dealkylation sites (tertiary alicyclic amines) is 1. The summed E-state index contributed by atoms with van der Waals surface area (Å²) in [6.07, 6.45) is 9.57. The molecule has 2 heterocycles. The van der Waals surface area contributed by atoms with Crippen molar-refractivity contribution in [1.82, 2.24) is 9.88 Å². The lowest BCUT2D eigenvalue weighted by Crippen LogP contribution is -2.28. The third-order valence-electron chi connectivity index (χ3n) is 5.43. The van der Waals surface area contributed by atoms with E-state index in [1.807, 2.05) is 6.07 Å². The Kier molecular flexibility index (Phi) is 5.52. The Bertz CT molecular complexity index is 620. The fourth-order valence-corrected chi connectivity index (χ4v) is 4.25. The molecule has 1 N–H and O–H groups in total. The highest BCUT2D eigenvalue weighted by Gasteiger charge is 2.30. The number of hydrogen-bond acceptors (Lipinski definition) is 4. The average molecular weight is 325 g/mol. The van der Waals surface area contributed by atoms with E-state index < -0.39 is 0 Å². The summed E-state index contributed by atoms with van der Waals surface area (Å²) in [4.78, 5) is 6.99. The van der Waals surface area contributed by atoms with Gasteiger partial charge in [-0.05, 0) is 50.4 Å². The molecule has 1 aromatic heterocycles. The van der Waals surface area contributed by atoms with E-state index in [0.29, 0.717) is 11.6 Å². The summed E-state index contributed by atoms with van der Waals surface area (Å²) in [5.74, 6) is 0.582. The van der Waals surface area contributed by atoms with E-state index in [9.17, 15) is 10.4 Å². The molecule has 2 aliphatic rings. The molecule has 1 saturated carbocycles. The first-order chi connectivity index (χ1) is 11.7. The maximum absolute atomic E-state index is 10.3. The number of pyridine rings is 1. The van der Waals surface area contributed by atoms with Crippen LogP contribution in [0.3, 0.4) is 0 Å². The lowest BCUT2D eigenvalue weighted by Gasteiger charge is -2.30. The third kappa shape index (κ3) is 3.62. The van der Waals surface area contributed by atoms with Crippen molar-refractivity contribution in [2.24, 2.45) is 0 Å². The van der Waals surface area contributed by atoms with Crippen LogP contribution in [-0.2, 0) is 0 Å². The van der Waals surface area contributed by atoms with Crippen LogP contribution in [0.25, 0.3) is 0 Å². The van der Waals surface area contributed by atoms with Crippen LogP contribution in [0, 0.1) is 11.3 Å². The van der Waals surface area contributed by atoms with Crippen LogP contribution in [0.2, 0.25) is 0 Å². The first-order valence-electron chi connectivity index (χ1n) is 9.23. The molecule has 1 aromatic rings. The standard InChI is InChI=1S/C20H27N3O/c1-15(24)20(23-12-6-7-13-23)18-11-10-17(14-21)22-19(18)16-8-4-2-3-5-9-16/h10-11,16,20,24H,1-9,12-13H2. The van der Waals surface area contributed by atoms with Crippen molar-refractivity contribution < 1.29 is 5.11 Å². The predicted octanol–water partition coefficient (Wildman–Crippen LogP) is 4.60. The molecule has 1 aliphatic heterocycles. The Morgan fingerprint density at radius 2 is 1.83 bits per heavy atom. The normalized spacial score (nSPS) is 21.1. The second-order valence-electron chi connectivity index (χ2n) is 7.11. The van der Waals surface area contributed by atoms with Gasteiger partial charge in [-0.1, -0.05) is 38.3 Å². The highest BCUT2D eigenvalue weighted by molar-refractivity contribution is 5.36. The molecule has 4 nitrogen and oxygen atoms in total. The zero-order valence-electron chi connectivity index (χ0n) is 14.4. The smallest absolute Gasteiger partial charge is 0.140 e. The SMILES string of the molecule is C=C(O)C(c1ccc(C#N)nc1C1CCCCCC1)N1CCCC1. The van der Waals surface area contributed by atoms with Crippen LogP contribution in [0.15, 0.2) is 24.5 Å². The van der Waals surface area contributed by atoms with Crippen molar-refractivity contribution in [3.63, 3.8) is 0 Å². The Labute approximate surface area is 144 Å². The second kappa shape index (κ2) is 7.81. The quantitative estimate of drug-likeness (QED) is 0.649. The Balaban J connectivity index is 2.01. The number of rotatable bonds is 4. The largest absolute Gasteiger partial charge is 0.511 e. The maximum Gasteiger partial charge on any atom is 0.140 e. The van der Waals surface area contributed by atoms with Crippen molar-refractivity contribution in [3.8, 4) is 6.07 Å². The number of hydrogen-bond donors (Lipinski definition) is 1. The van der Waals surface area contributed by atoms with E-state index in [-0.39, 0.29) is 11.8 Å². The van der Waals surface area contributed by atoms with Gasteiger partial charge in [-0.25, -0.2) is 4.98 Å². The number of nitriles is 1. The molecule has 128 valence electrons. The molecule has 3 rings (SSSR count). The summed E-state index contributed by atoms with van der Waals surface area (Å²) >= 11 is 0. The van der Waals surface area contributed by atoms with Crippen molar-refractivity contribution in [2.75, 3.05) is 13.1 Å². The molecule has 1 saturated heterocycles. The highest BCUT2D eigenvalue weighted by Crippen LogP contribution is 2.38. The van der Waals surface area contributed by atoms with Gasteiger partial charge < -0.3 is 5.11 Å². The molecule has 0 aromatic carbocycles. The molecule has 0 radical (unpaired) electrons. The fourth-order valence-electron chi connectivity index (χ4n) is 4.25. The first kappa shape index (κ1) is 17.0. The summed E-state index contributed by atoms with van der Waals surface area (Å²) in [7, 11) is 0. The van der Waals surface area contributed by atoms with Crippen molar-refractivity contribution in [2.45, 2.75) is 63.3 Å². The molecule has 0 bridgehead atoms. The van der Waals surface area contributed by atoms with E-state index in [4.69, 9.17) is 4.98 Å². The van der Waals surface area contributed by atoms with Gasteiger partial charge in [0, 0.05) is 5.92 Å². The maximum atomic E-state index is 10.3. The molecule has 2 fully saturated rings. The molecule has 24 heavy (non-hydrogen) atoms. The number of nitrogens with zero attached hydrogens (tertiary/aromatic N) is 3. The molecule has 0 spiro atoms. The molecule has 4 heteroatoms. The lowest BCUT2D eigenvalue weighted by molar-refractivity contribution is 0.210. The number of aromatic nitrogens is 1. The van der Waals surface area contributed by atoms with Crippen LogP contribution in [0.4, 0.5) is 0 Å². The van der Waals surface area contributed by atoms with Crippen molar-refractivity contribution >= 4 is 0 Å². The molecular formula is C20H27N3O. The zero-order chi connectivity index (χ0) is 16.9. The summed E-state index contributed by atoms with van der Waals surface area (Å²) in [5.41, 5.74) is 2.54. The number of aliphatic hydroxyl groups is 1. The van der Waals surface area contributed by atoms with Gasteiger partial charge in [0.1, 0.15) is 17.5 Å². The summed E-state index contributed by atoms with van der Waals surface area (Å²) in [6, 6.07) is 5.76. The summed E-state index contributed by atoms with van der Waals surface area (Å²) in [6.45, 7) is 5.81. The monoisotopic (exact) mass is 325 g/mol. The van der Waals surface area contributed by atoms with Crippen molar-refractivity contribution in [1.29, 1.82) is 5.26 Å². The number of aliphatic hydroxyl groups excluding tert-OH is 1. The minimum absolute atomic E-state index is 0.189. The van der Waals surface area contributed by atoms with Crippen LogP contribution in [0.1, 0.15) is 80.3 Å². The van der Waals surface area contributed by atoms with E-state index in [1.54, 1.807) is 6.07 Å². The minimum Gasteiger partial charge on any atom is -0.511 e. The van der Waals surface area contributed by atoms with Crippen LogP contribution < -0.4 is 0 Å². The second-order valence-corrected chi connectivity index (χ2v) is 7.11. The Morgan fingerprint density at radius 1 is 1.17 bits per heavy atom. The van der Waals surface area contributed by atoms with Gasteiger partial charge in [0.15, 0.2) is 0 Å². The fraction of sp³-hybridized carbons (Fsp3) is 0.600. The van der Waals surface area contributed by atoms with Gasteiger partial charge >= 0.3 is 0 Å². The summed E-state index contributed by atoms with van der Waals surface area (Å²) < 4.78 is 0.